The van der Waals surface area contributed by atoms with Gasteiger partial charge in [-0.05, 0) is 11.1 Å². The van der Waals surface area contributed by atoms with Gasteiger partial charge in [0.2, 0.25) is 11.8 Å². The fourth-order valence-corrected chi connectivity index (χ4v) is 5.36. The first-order chi connectivity index (χ1) is 16.3. The van der Waals surface area contributed by atoms with Gasteiger partial charge in [-0.3, -0.25) is 19.3 Å². The molecule has 0 bridgehead atoms. The zero-order valence-corrected chi connectivity index (χ0v) is 19.3. The quantitative estimate of drug-likeness (QED) is 0.422. The predicted molar refractivity (Wildman–Crippen MR) is 126 cm³/mol. The van der Waals surface area contributed by atoms with E-state index < -0.39 is 47.2 Å². The molecule has 5 N–H and O–H groups in total. The van der Waals surface area contributed by atoms with E-state index in [1.54, 1.807) is 60.7 Å². The highest BCUT2D eigenvalue weighted by atomic mass is 35.5. The molecule has 2 heterocycles. The molecule has 2 aliphatic rings. The zero-order chi connectivity index (χ0) is 24.4. The van der Waals surface area contributed by atoms with Crippen LogP contribution in [0.15, 0.2) is 71.4 Å². The van der Waals surface area contributed by atoms with E-state index in [1.165, 1.54) is 11.8 Å². The van der Waals surface area contributed by atoms with Crippen molar-refractivity contribution in [3.8, 4) is 0 Å². The Morgan fingerprint density at radius 1 is 1.03 bits per heavy atom. The number of carboxylic acid groups (broad SMARTS) is 1. The summed E-state index contributed by atoms with van der Waals surface area (Å²) in [5.41, 5.74) is 6.90. The summed E-state index contributed by atoms with van der Waals surface area (Å²) in [6.07, 6.45) is 0. The minimum atomic E-state index is -1.31. The number of hydrogen-bond donors (Lipinski definition) is 4. The number of amides is 3. The number of β-lactam (4-membered cyclic amide) rings is 1. The number of carboxylic acids is 1. The maximum Gasteiger partial charge on any atom is 0.353 e. The van der Waals surface area contributed by atoms with E-state index in [-0.39, 0.29) is 16.5 Å². The number of thioether (sulfide) groups is 1. The summed E-state index contributed by atoms with van der Waals surface area (Å²) in [4.78, 5) is 51.4. The van der Waals surface area contributed by atoms with Crippen LogP contribution in [-0.2, 0) is 19.2 Å². The standard InChI is InChI=1S/C23H21ClN4O5S/c24-14-11-34-22-17(21(31)28(22)18(14)23(32)33)27-20(30)16(13-9-5-2-6-10-13)26-19(29)15(25)12-7-3-1-4-8-12/h1-10,15-17,22H,11,25H2,(H,26,29)(H,27,30)(H,32,33)/t15?,16-,17-,22-/m1/s1. The summed E-state index contributed by atoms with van der Waals surface area (Å²) >= 11 is 7.25. The Kier molecular flexibility index (Phi) is 6.92. The molecule has 1 fully saturated rings. The molecule has 9 nitrogen and oxygen atoms in total. The third-order valence-corrected chi connectivity index (χ3v) is 7.30. The molecule has 4 atom stereocenters. The molecular weight excluding hydrogens is 480 g/mol. The van der Waals surface area contributed by atoms with Gasteiger partial charge in [-0.15, -0.1) is 11.8 Å². The molecular formula is C23H21ClN4O5S. The van der Waals surface area contributed by atoms with Crippen LogP contribution in [-0.4, -0.2) is 50.9 Å². The van der Waals surface area contributed by atoms with Crippen LogP contribution in [0.5, 0.6) is 0 Å². The molecule has 1 saturated heterocycles. The van der Waals surface area contributed by atoms with E-state index in [2.05, 4.69) is 10.6 Å². The second-order valence-electron chi connectivity index (χ2n) is 7.70. The van der Waals surface area contributed by atoms with Crippen LogP contribution >= 0.6 is 23.4 Å². The predicted octanol–water partition coefficient (Wildman–Crippen LogP) is 1.48. The van der Waals surface area contributed by atoms with Crippen molar-refractivity contribution in [1.82, 2.24) is 15.5 Å². The van der Waals surface area contributed by atoms with Gasteiger partial charge in [-0.25, -0.2) is 4.79 Å². The van der Waals surface area contributed by atoms with Gasteiger partial charge in [0.05, 0.1) is 5.03 Å². The Bertz CT molecular complexity index is 1160. The van der Waals surface area contributed by atoms with Crippen molar-refractivity contribution in [3.05, 3.63) is 82.5 Å². The van der Waals surface area contributed by atoms with Gasteiger partial charge in [-0.2, -0.15) is 0 Å². The number of nitrogens with two attached hydrogens (primary N) is 1. The number of fused-ring (bicyclic) bond motifs is 1. The fourth-order valence-electron chi connectivity index (χ4n) is 3.81. The van der Waals surface area contributed by atoms with Crippen LogP contribution in [0.1, 0.15) is 23.2 Å². The third kappa shape index (κ3) is 4.52. The topological polar surface area (TPSA) is 142 Å². The van der Waals surface area contributed by atoms with Crippen molar-refractivity contribution in [1.29, 1.82) is 0 Å². The van der Waals surface area contributed by atoms with Gasteiger partial charge in [-0.1, -0.05) is 72.3 Å². The number of nitrogens with zero attached hydrogens (tertiary/aromatic N) is 1. The molecule has 34 heavy (non-hydrogen) atoms. The Hall–Kier alpha value is -3.34. The molecule has 1 unspecified atom stereocenters. The van der Waals surface area contributed by atoms with E-state index in [4.69, 9.17) is 17.3 Å². The van der Waals surface area contributed by atoms with E-state index in [0.29, 0.717) is 11.1 Å². The number of rotatable bonds is 7. The Morgan fingerprint density at radius 2 is 1.62 bits per heavy atom. The Labute approximate surface area is 204 Å². The summed E-state index contributed by atoms with van der Waals surface area (Å²) in [5, 5.41) is 14.2. The lowest BCUT2D eigenvalue weighted by molar-refractivity contribution is -0.151. The fraction of sp³-hybridized carbons (Fsp3) is 0.217. The van der Waals surface area contributed by atoms with Crippen molar-refractivity contribution < 1.29 is 24.3 Å². The number of nitrogens with one attached hydrogen (secondary N) is 2. The molecule has 2 aromatic rings. The average Bonchev–Trinajstić information content (AvgIpc) is 2.85. The normalized spacial score (nSPS) is 21.1. The van der Waals surface area contributed by atoms with Crippen molar-refractivity contribution >= 4 is 47.1 Å². The smallest absolute Gasteiger partial charge is 0.353 e. The lowest BCUT2D eigenvalue weighted by Gasteiger charge is -2.49. The molecule has 2 aromatic carbocycles. The summed E-state index contributed by atoms with van der Waals surface area (Å²) in [6.45, 7) is 0. The lowest BCUT2D eigenvalue weighted by Crippen LogP contribution is -2.71. The van der Waals surface area contributed by atoms with Crippen molar-refractivity contribution in [2.75, 3.05) is 5.75 Å². The molecule has 4 rings (SSSR count). The molecule has 0 radical (unpaired) electrons. The average molecular weight is 501 g/mol. The molecule has 176 valence electrons. The van der Waals surface area contributed by atoms with E-state index in [9.17, 15) is 24.3 Å². The molecule has 0 saturated carbocycles. The van der Waals surface area contributed by atoms with Crippen LogP contribution < -0.4 is 16.4 Å². The highest BCUT2D eigenvalue weighted by molar-refractivity contribution is 8.00. The number of carbonyl (C=O) groups is 4. The van der Waals surface area contributed by atoms with Gasteiger partial charge >= 0.3 is 5.97 Å². The maximum absolute atomic E-state index is 13.2. The lowest BCUT2D eigenvalue weighted by atomic mass is 10.0. The number of hydrogen-bond acceptors (Lipinski definition) is 6. The highest BCUT2D eigenvalue weighted by Crippen LogP contribution is 2.41. The van der Waals surface area contributed by atoms with Crippen molar-refractivity contribution in [2.45, 2.75) is 23.5 Å². The second kappa shape index (κ2) is 9.88. The van der Waals surface area contributed by atoms with Crippen LogP contribution in [0.3, 0.4) is 0 Å². The summed E-state index contributed by atoms with van der Waals surface area (Å²) < 4.78 is 0. The van der Waals surface area contributed by atoms with E-state index >= 15 is 0 Å². The van der Waals surface area contributed by atoms with Crippen LogP contribution in [0.4, 0.5) is 0 Å². The van der Waals surface area contributed by atoms with Crippen LogP contribution in [0.2, 0.25) is 0 Å². The van der Waals surface area contributed by atoms with Crippen molar-refractivity contribution in [3.63, 3.8) is 0 Å². The van der Waals surface area contributed by atoms with Crippen molar-refractivity contribution in [2.24, 2.45) is 5.73 Å². The van der Waals surface area contributed by atoms with E-state index in [1.807, 2.05) is 0 Å². The highest BCUT2D eigenvalue weighted by Gasteiger charge is 2.54. The number of benzene rings is 2. The zero-order valence-electron chi connectivity index (χ0n) is 17.7. The summed E-state index contributed by atoms with van der Waals surface area (Å²) in [6, 6.07) is 14.2. The van der Waals surface area contributed by atoms with Gasteiger partial charge < -0.3 is 21.5 Å². The molecule has 0 spiro atoms. The first-order valence-electron chi connectivity index (χ1n) is 10.3. The molecule has 3 amide bonds. The largest absolute Gasteiger partial charge is 0.477 e. The van der Waals surface area contributed by atoms with Crippen LogP contribution in [0.25, 0.3) is 0 Å². The molecule has 0 aliphatic carbocycles. The van der Waals surface area contributed by atoms with Gasteiger partial charge in [0.1, 0.15) is 29.2 Å². The third-order valence-electron chi connectivity index (χ3n) is 5.54. The second-order valence-corrected chi connectivity index (χ2v) is 9.26. The molecule has 2 aliphatic heterocycles. The maximum atomic E-state index is 13.2. The summed E-state index contributed by atoms with van der Waals surface area (Å²) in [7, 11) is 0. The monoisotopic (exact) mass is 500 g/mol. The van der Waals surface area contributed by atoms with Gasteiger partial charge in [0.25, 0.3) is 5.91 Å². The minimum Gasteiger partial charge on any atom is -0.477 e. The molecule has 11 heteroatoms. The Balaban J connectivity index is 1.52. The summed E-state index contributed by atoms with van der Waals surface area (Å²) in [5.74, 6) is -2.87. The van der Waals surface area contributed by atoms with Gasteiger partial charge in [0.15, 0.2) is 0 Å². The number of halogens is 1. The number of aliphatic carboxylic acids is 1. The number of carbonyl (C=O) groups excluding carboxylic acids is 3. The van der Waals surface area contributed by atoms with E-state index in [0.717, 1.165) is 4.90 Å². The molecule has 0 aromatic heterocycles. The first kappa shape index (κ1) is 23.8. The van der Waals surface area contributed by atoms with Crippen LogP contribution in [0, 0.1) is 0 Å². The Morgan fingerprint density at radius 3 is 2.21 bits per heavy atom. The van der Waals surface area contributed by atoms with Gasteiger partial charge in [0, 0.05) is 5.75 Å². The first-order valence-corrected chi connectivity index (χ1v) is 11.7. The minimum absolute atomic E-state index is 0.0659. The SMILES string of the molecule is NC(C(=O)N[C@@H](C(=O)N[C@@H]1C(=O)N2C(C(=O)O)=C(Cl)CS[C@H]12)c1ccccc1)c1ccccc1.